The van der Waals surface area contributed by atoms with E-state index >= 15 is 0 Å². The standard InChI is InChI=1S/C14H16F3NO2/c1-9(2)11-8-19-13(18-11)7-10-5-3-4-6-12(10)20-14(15,16)17/h3-6,9,11H,7-8H2,1-2H3/t11-/m1/s1. The summed E-state index contributed by atoms with van der Waals surface area (Å²) in [5, 5.41) is 0. The number of nitrogens with zero attached hydrogens (tertiary/aromatic N) is 1. The van der Waals surface area contributed by atoms with E-state index in [0.29, 0.717) is 24.0 Å². The Morgan fingerprint density at radius 2 is 2.05 bits per heavy atom. The van der Waals surface area contributed by atoms with E-state index in [1.807, 2.05) is 13.8 Å². The van der Waals surface area contributed by atoms with Gasteiger partial charge in [0.25, 0.3) is 0 Å². The average Bonchev–Trinajstić information content (AvgIpc) is 2.78. The molecule has 0 saturated heterocycles. The number of halogens is 3. The number of aliphatic imine (C=N–C) groups is 1. The van der Waals surface area contributed by atoms with Crippen LogP contribution in [0.1, 0.15) is 19.4 Å². The highest BCUT2D eigenvalue weighted by atomic mass is 19.4. The van der Waals surface area contributed by atoms with Crippen LogP contribution < -0.4 is 4.74 Å². The fourth-order valence-electron chi connectivity index (χ4n) is 1.92. The molecule has 1 aliphatic heterocycles. The number of alkyl halides is 3. The minimum atomic E-state index is -4.70. The van der Waals surface area contributed by atoms with E-state index in [9.17, 15) is 13.2 Å². The minimum Gasteiger partial charge on any atom is -0.478 e. The Bertz CT molecular complexity index is 497. The van der Waals surface area contributed by atoms with Crippen molar-refractivity contribution < 1.29 is 22.6 Å². The van der Waals surface area contributed by atoms with Gasteiger partial charge in [-0.2, -0.15) is 0 Å². The molecule has 0 amide bonds. The SMILES string of the molecule is CC(C)[C@H]1COC(Cc2ccccc2OC(F)(F)F)=N1. The van der Waals surface area contributed by atoms with Crippen LogP contribution in [0.5, 0.6) is 5.75 Å². The maximum Gasteiger partial charge on any atom is 0.573 e. The second-order valence-electron chi connectivity index (χ2n) is 4.98. The zero-order valence-corrected chi connectivity index (χ0v) is 11.3. The highest BCUT2D eigenvalue weighted by Crippen LogP contribution is 2.27. The number of hydrogen-bond acceptors (Lipinski definition) is 3. The van der Waals surface area contributed by atoms with E-state index in [4.69, 9.17) is 4.74 Å². The lowest BCUT2D eigenvalue weighted by Gasteiger charge is -2.12. The molecular weight excluding hydrogens is 271 g/mol. The molecule has 0 bridgehead atoms. The first-order valence-corrected chi connectivity index (χ1v) is 6.38. The molecule has 1 heterocycles. The third-order valence-electron chi connectivity index (χ3n) is 3.04. The maximum absolute atomic E-state index is 12.3. The van der Waals surface area contributed by atoms with E-state index in [1.165, 1.54) is 12.1 Å². The lowest BCUT2D eigenvalue weighted by molar-refractivity contribution is -0.274. The van der Waals surface area contributed by atoms with E-state index < -0.39 is 6.36 Å². The zero-order valence-electron chi connectivity index (χ0n) is 11.3. The van der Waals surface area contributed by atoms with Crippen molar-refractivity contribution in [2.24, 2.45) is 10.9 Å². The van der Waals surface area contributed by atoms with Gasteiger partial charge in [-0.1, -0.05) is 32.0 Å². The molecule has 1 aliphatic rings. The molecule has 1 aromatic carbocycles. The highest BCUT2D eigenvalue weighted by molar-refractivity contribution is 5.80. The highest BCUT2D eigenvalue weighted by Gasteiger charge is 2.32. The molecule has 2 rings (SSSR count). The smallest absolute Gasteiger partial charge is 0.478 e. The van der Waals surface area contributed by atoms with Crippen LogP contribution in [0.3, 0.4) is 0 Å². The molecule has 1 aromatic rings. The number of benzene rings is 1. The van der Waals surface area contributed by atoms with Crippen molar-refractivity contribution in [2.45, 2.75) is 32.7 Å². The van der Waals surface area contributed by atoms with Crippen LogP contribution in [0.15, 0.2) is 29.3 Å². The molecule has 110 valence electrons. The van der Waals surface area contributed by atoms with Gasteiger partial charge in [0.15, 0.2) is 5.90 Å². The molecule has 0 radical (unpaired) electrons. The summed E-state index contributed by atoms with van der Waals surface area (Å²) in [4.78, 5) is 4.38. The predicted molar refractivity (Wildman–Crippen MR) is 68.8 cm³/mol. The van der Waals surface area contributed by atoms with Crippen molar-refractivity contribution in [1.29, 1.82) is 0 Å². The summed E-state index contributed by atoms with van der Waals surface area (Å²) in [6, 6.07) is 6.10. The molecule has 0 aromatic heterocycles. The first kappa shape index (κ1) is 14.7. The van der Waals surface area contributed by atoms with Gasteiger partial charge >= 0.3 is 6.36 Å². The molecule has 0 unspecified atom stereocenters. The lowest BCUT2D eigenvalue weighted by atomic mass is 10.1. The van der Waals surface area contributed by atoms with Crippen LogP contribution in [0.25, 0.3) is 0 Å². The molecule has 0 N–H and O–H groups in total. The Labute approximate surface area is 115 Å². The van der Waals surface area contributed by atoms with Gasteiger partial charge in [0.2, 0.25) is 0 Å². The molecule has 6 heteroatoms. The molecule has 3 nitrogen and oxygen atoms in total. The van der Waals surface area contributed by atoms with Gasteiger partial charge in [-0.3, -0.25) is 0 Å². The van der Waals surface area contributed by atoms with Gasteiger partial charge in [0.1, 0.15) is 12.4 Å². The Morgan fingerprint density at radius 1 is 1.35 bits per heavy atom. The summed E-state index contributed by atoms with van der Waals surface area (Å²) in [5.74, 6) is 0.593. The third kappa shape index (κ3) is 3.88. The zero-order chi connectivity index (χ0) is 14.8. The average molecular weight is 287 g/mol. The monoisotopic (exact) mass is 287 g/mol. The number of ether oxygens (including phenoxy) is 2. The van der Waals surface area contributed by atoms with Crippen LogP contribution >= 0.6 is 0 Å². The van der Waals surface area contributed by atoms with Crippen molar-refractivity contribution in [1.82, 2.24) is 0 Å². The lowest BCUT2D eigenvalue weighted by Crippen LogP contribution is -2.18. The number of hydrogen-bond donors (Lipinski definition) is 0. The number of para-hydroxylation sites is 1. The summed E-state index contributed by atoms with van der Waals surface area (Å²) < 4.78 is 46.4. The van der Waals surface area contributed by atoms with Crippen molar-refractivity contribution in [3.05, 3.63) is 29.8 Å². The summed E-state index contributed by atoms with van der Waals surface area (Å²) in [6.45, 7) is 4.54. The van der Waals surface area contributed by atoms with Crippen molar-refractivity contribution >= 4 is 5.90 Å². The summed E-state index contributed by atoms with van der Waals surface area (Å²) >= 11 is 0. The van der Waals surface area contributed by atoms with Crippen LogP contribution in [0.4, 0.5) is 13.2 Å². The first-order chi connectivity index (χ1) is 9.35. The fourth-order valence-corrected chi connectivity index (χ4v) is 1.92. The Balaban J connectivity index is 2.12. The van der Waals surface area contributed by atoms with Crippen molar-refractivity contribution in [3.63, 3.8) is 0 Å². The normalized spacial score (nSPS) is 18.9. The fraction of sp³-hybridized carbons (Fsp3) is 0.500. The van der Waals surface area contributed by atoms with E-state index in [2.05, 4.69) is 9.73 Å². The summed E-state index contributed by atoms with van der Waals surface area (Å²) in [5.41, 5.74) is 0.410. The predicted octanol–water partition coefficient (Wildman–Crippen LogP) is 3.58. The topological polar surface area (TPSA) is 30.8 Å². The second-order valence-corrected chi connectivity index (χ2v) is 4.98. The number of rotatable bonds is 4. The van der Waals surface area contributed by atoms with Crippen LogP contribution in [-0.4, -0.2) is 24.9 Å². The van der Waals surface area contributed by atoms with E-state index in [1.54, 1.807) is 12.1 Å². The third-order valence-corrected chi connectivity index (χ3v) is 3.04. The molecular formula is C14H16F3NO2. The summed E-state index contributed by atoms with van der Waals surface area (Å²) in [7, 11) is 0. The van der Waals surface area contributed by atoms with Gasteiger partial charge in [-0.15, -0.1) is 13.2 Å². The minimum absolute atomic E-state index is 0.0701. The largest absolute Gasteiger partial charge is 0.573 e. The van der Waals surface area contributed by atoms with Gasteiger partial charge in [-0.05, 0) is 12.0 Å². The van der Waals surface area contributed by atoms with Crippen molar-refractivity contribution in [2.75, 3.05) is 6.61 Å². The van der Waals surface area contributed by atoms with Crippen molar-refractivity contribution in [3.8, 4) is 5.75 Å². The second kappa shape index (κ2) is 5.73. The summed E-state index contributed by atoms with van der Waals surface area (Å²) in [6.07, 6.45) is -4.50. The molecule has 0 spiro atoms. The van der Waals surface area contributed by atoms with Crippen LogP contribution in [0.2, 0.25) is 0 Å². The first-order valence-electron chi connectivity index (χ1n) is 6.38. The maximum atomic E-state index is 12.3. The molecule has 0 saturated carbocycles. The molecule has 1 atom stereocenters. The van der Waals surface area contributed by atoms with Gasteiger partial charge < -0.3 is 9.47 Å². The molecule has 20 heavy (non-hydrogen) atoms. The van der Waals surface area contributed by atoms with Gasteiger partial charge in [0.05, 0.1) is 12.5 Å². The van der Waals surface area contributed by atoms with Crippen LogP contribution in [0, 0.1) is 5.92 Å². The van der Waals surface area contributed by atoms with Gasteiger partial charge in [0, 0.05) is 5.56 Å². The Morgan fingerprint density at radius 3 is 2.65 bits per heavy atom. The van der Waals surface area contributed by atoms with E-state index in [0.717, 1.165) is 0 Å². The Hall–Kier alpha value is -1.72. The van der Waals surface area contributed by atoms with E-state index in [-0.39, 0.29) is 18.2 Å². The van der Waals surface area contributed by atoms with Crippen LogP contribution in [-0.2, 0) is 11.2 Å². The van der Waals surface area contributed by atoms with Gasteiger partial charge in [-0.25, -0.2) is 4.99 Å². The molecule has 0 fully saturated rings. The Kier molecular flexibility index (Phi) is 4.20. The quantitative estimate of drug-likeness (QED) is 0.847. The molecule has 0 aliphatic carbocycles.